The molecule has 0 spiro atoms. The van der Waals surface area contributed by atoms with Crippen LogP contribution in [-0.2, 0) is 9.59 Å². The van der Waals surface area contributed by atoms with E-state index in [2.05, 4.69) is 42.2 Å². The highest BCUT2D eigenvalue weighted by atomic mass is 79.9. The van der Waals surface area contributed by atoms with Crippen LogP contribution in [0.15, 0.2) is 32.1 Å². The number of aliphatic imine (C=N–C) groups is 1. The second kappa shape index (κ2) is 10.2. The van der Waals surface area contributed by atoms with Crippen molar-refractivity contribution >= 4 is 49.6 Å². The van der Waals surface area contributed by atoms with E-state index in [9.17, 15) is 9.59 Å². The Hall–Kier alpha value is -1.61. The number of hydrogen-bond donors (Lipinski definition) is 3. The first-order valence-corrected chi connectivity index (χ1v) is 8.26. The van der Waals surface area contributed by atoms with E-state index in [4.69, 9.17) is 14.9 Å². The summed E-state index contributed by atoms with van der Waals surface area (Å²) >= 11 is 6.88. The molecule has 0 bridgehead atoms. The van der Waals surface area contributed by atoms with Crippen LogP contribution in [0.2, 0.25) is 0 Å². The van der Waals surface area contributed by atoms with Crippen molar-refractivity contribution in [2.75, 3.05) is 19.7 Å². The molecule has 0 atom stereocenters. The highest BCUT2D eigenvalue weighted by Gasteiger charge is 2.09. The predicted molar refractivity (Wildman–Crippen MR) is 92.1 cm³/mol. The lowest BCUT2D eigenvalue weighted by Gasteiger charge is -2.09. The van der Waals surface area contributed by atoms with Crippen molar-refractivity contribution in [2.24, 2.45) is 4.99 Å². The fourth-order valence-electron chi connectivity index (χ4n) is 1.52. The minimum absolute atomic E-state index is 0.296. The van der Waals surface area contributed by atoms with Crippen LogP contribution in [0.1, 0.15) is 12.8 Å². The van der Waals surface area contributed by atoms with Gasteiger partial charge in [0.1, 0.15) is 18.2 Å². The molecule has 1 heterocycles. The van der Waals surface area contributed by atoms with Crippen molar-refractivity contribution in [2.45, 2.75) is 12.8 Å². The number of halogens is 2. The summed E-state index contributed by atoms with van der Waals surface area (Å²) in [6, 6.07) is 5.85. The average Bonchev–Trinajstić information content (AvgIpc) is 2.99. The molecular weight excluding hydrogens is 436 g/mol. The fraction of sp³-hybridized carbons (Fsp3) is 0.357. The van der Waals surface area contributed by atoms with Gasteiger partial charge in [0.25, 0.3) is 0 Å². The first kappa shape index (κ1) is 19.4. The van der Waals surface area contributed by atoms with Crippen LogP contribution in [0, 0.1) is 0 Å². The number of nitrogens with zero attached hydrogens (tertiary/aromatic N) is 1. The number of amidine groups is 1. The summed E-state index contributed by atoms with van der Waals surface area (Å²) in [6.45, 7) is 2.24. The summed E-state index contributed by atoms with van der Waals surface area (Å²) in [4.78, 5) is 23.5. The molecule has 7 nitrogen and oxygen atoms in total. The van der Waals surface area contributed by atoms with Crippen molar-refractivity contribution < 1.29 is 24.5 Å². The van der Waals surface area contributed by atoms with Gasteiger partial charge in [-0.3, -0.25) is 14.6 Å². The number of rotatable bonds is 6. The largest absolute Gasteiger partial charge is 0.483 e. The Balaban J connectivity index is 0.000000284. The van der Waals surface area contributed by atoms with Gasteiger partial charge >= 0.3 is 11.9 Å². The lowest BCUT2D eigenvalue weighted by molar-refractivity contribution is -0.143. The van der Waals surface area contributed by atoms with Gasteiger partial charge in [-0.2, -0.15) is 0 Å². The van der Waals surface area contributed by atoms with Gasteiger partial charge in [0, 0.05) is 6.54 Å². The molecule has 9 heteroatoms. The number of para-hydroxylation sites is 1. The van der Waals surface area contributed by atoms with Gasteiger partial charge in [0.2, 0.25) is 0 Å². The third kappa shape index (κ3) is 7.98. The Morgan fingerprint density at radius 2 is 1.74 bits per heavy atom. The van der Waals surface area contributed by atoms with Crippen LogP contribution in [0.25, 0.3) is 0 Å². The summed E-state index contributed by atoms with van der Waals surface area (Å²) in [6.07, 6.45) is -0.593. The zero-order valence-corrected chi connectivity index (χ0v) is 15.3. The topological polar surface area (TPSA) is 108 Å². The van der Waals surface area contributed by atoms with Gasteiger partial charge in [-0.15, -0.1) is 0 Å². The first-order valence-electron chi connectivity index (χ1n) is 6.67. The van der Waals surface area contributed by atoms with E-state index in [-0.39, 0.29) is 12.8 Å². The molecular formula is C14H16Br2N2O5. The molecule has 0 unspecified atom stereocenters. The summed E-state index contributed by atoms with van der Waals surface area (Å²) < 4.78 is 7.54. The second-order valence-electron chi connectivity index (χ2n) is 4.38. The summed E-state index contributed by atoms with van der Waals surface area (Å²) in [7, 11) is 0. The van der Waals surface area contributed by atoms with Crippen LogP contribution in [0.5, 0.6) is 5.75 Å². The molecule has 0 saturated heterocycles. The molecule has 0 radical (unpaired) electrons. The lowest BCUT2D eigenvalue weighted by Crippen LogP contribution is -2.25. The van der Waals surface area contributed by atoms with Crippen molar-refractivity contribution in [1.82, 2.24) is 5.32 Å². The van der Waals surface area contributed by atoms with Crippen LogP contribution in [0.4, 0.5) is 0 Å². The zero-order valence-electron chi connectivity index (χ0n) is 12.1. The lowest BCUT2D eigenvalue weighted by atomic mass is 10.3. The maximum atomic E-state index is 9.64. The van der Waals surface area contributed by atoms with Crippen LogP contribution in [0.3, 0.4) is 0 Å². The number of carbonyl (C=O) groups is 2. The molecule has 126 valence electrons. The number of benzene rings is 1. The number of aliphatic carboxylic acids is 2. The standard InChI is InChI=1S/C10H10Br2N2O.C4H6O4/c11-7-2-1-3-8(12)10(7)15-6-9-13-4-5-14-9;5-3(6)1-2-4(7)8/h1-3H,4-6H2,(H,13,14);1-2H2,(H,5,6)(H,7,8). The van der Waals surface area contributed by atoms with Crippen molar-refractivity contribution in [3.05, 3.63) is 27.1 Å². The van der Waals surface area contributed by atoms with Gasteiger partial charge in [-0.1, -0.05) is 6.07 Å². The van der Waals surface area contributed by atoms with Crippen molar-refractivity contribution in [3.8, 4) is 5.75 Å². The number of hydrogen-bond acceptors (Lipinski definition) is 5. The van der Waals surface area contributed by atoms with Gasteiger partial charge in [0.05, 0.1) is 28.3 Å². The zero-order chi connectivity index (χ0) is 17.2. The highest BCUT2D eigenvalue weighted by molar-refractivity contribution is 9.11. The first-order chi connectivity index (χ1) is 10.9. The maximum Gasteiger partial charge on any atom is 0.303 e. The van der Waals surface area contributed by atoms with Gasteiger partial charge < -0.3 is 20.3 Å². The van der Waals surface area contributed by atoms with E-state index < -0.39 is 11.9 Å². The third-order valence-corrected chi connectivity index (χ3v) is 3.82. The van der Waals surface area contributed by atoms with Crippen LogP contribution >= 0.6 is 31.9 Å². The Kier molecular flexibility index (Phi) is 8.64. The minimum Gasteiger partial charge on any atom is -0.483 e. The Morgan fingerprint density at radius 3 is 2.17 bits per heavy atom. The number of carboxylic acid groups (broad SMARTS) is 2. The van der Waals surface area contributed by atoms with Crippen LogP contribution < -0.4 is 10.1 Å². The molecule has 0 fully saturated rings. The van der Waals surface area contributed by atoms with E-state index in [1.54, 1.807) is 0 Å². The molecule has 0 aromatic heterocycles. The van der Waals surface area contributed by atoms with E-state index in [1.807, 2.05) is 18.2 Å². The SMILES string of the molecule is Brc1cccc(Br)c1OCC1=NCCN1.O=C(O)CCC(=O)O. The quantitative estimate of drug-likeness (QED) is 0.613. The molecule has 1 aromatic rings. The second-order valence-corrected chi connectivity index (χ2v) is 6.09. The minimum atomic E-state index is -1.08. The smallest absolute Gasteiger partial charge is 0.303 e. The highest BCUT2D eigenvalue weighted by Crippen LogP contribution is 2.32. The van der Waals surface area contributed by atoms with Gasteiger partial charge in [-0.05, 0) is 44.0 Å². The Bertz CT molecular complexity index is 558. The number of carboxylic acids is 2. The molecule has 1 aliphatic rings. The molecule has 0 amide bonds. The number of nitrogens with one attached hydrogen (secondary N) is 1. The molecule has 23 heavy (non-hydrogen) atoms. The van der Waals surface area contributed by atoms with Gasteiger partial charge in [-0.25, -0.2) is 0 Å². The molecule has 0 aliphatic carbocycles. The van der Waals surface area contributed by atoms with E-state index >= 15 is 0 Å². The Labute approximate surface area is 150 Å². The Morgan fingerprint density at radius 1 is 1.17 bits per heavy atom. The predicted octanol–water partition coefficient (Wildman–Crippen LogP) is 2.53. The maximum absolute atomic E-state index is 9.64. The average molecular weight is 452 g/mol. The van der Waals surface area contributed by atoms with E-state index in [1.165, 1.54) is 0 Å². The number of ether oxygens (including phenoxy) is 1. The van der Waals surface area contributed by atoms with Crippen molar-refractivity contribution in [3.63, 3.8) is 0 Å². The van der Waals surface area contributed by atoms with E-state index in [0.29, 0.717) is 6.61 Å². The van der Waals surface area contributed by atoms with E-state index in [0.717, 1.165) is 33.6 Å². The third-order valence-electron chi connectivity index (χ3n) is 2.57. The molecule has 3 N–H and O–H groups in total. The monoisotopic (exact) mass is 450 g/mol. The molecule has 1 aliphatic heterocycles. The molecule has 0 saturated carbocycles. The fourth-order valence-corrected chi connectivity index (χ4v) is 2.75. The van der Waals surface area contributed by atoms with Crippen molar-refractivity contribution in [1.29, 1.82) is 0 Å². The van der Waals surface area contributed by atoms with Crippen LogP contribution in [-0.4, -0.2) is 47.7 Å². The normalized spacial score (nSPS) is 12.5. The molecule has 1 aromatic carbocycles. The summed E-state index contributed by atoms with van der Waals surface area (Å²) in [5.41, 5.74) is 0. The summed E-state index contributed by atoms with van der Waals surface area (Å²) in [5, 5.41) is 19.0. The van der Waals surface area contributed by atoms with Gasteiger partial charge in [0.15, 0.2) is 0 Å². The summed E-state index contributed by atoms with van der Waals surface area (Å²) in [5.74, 6) is -0.425. The molecule has 2 rings (SSSR count).